The molecule has 0 heterocycles. The van der Waals surface area contributed by atoms with Crippen molar-refractivity contribution in [2.45, 2.75) is 50.0 Å². The first-order valence-electron chi connectivity index (χ1n) is 8.24. The van der Waals surface area contributed by atoms with Gasteiger partial charge in [-0.1, -0.05) is 12.1 Å². The van der Waals surface area contributed by atoms with Crippen LogP contribution in [0.2, 0.25) is 0 Å². The second kappa shape index (κ2) is 6.72. The smallest absolute Gasteiger partial charge is 0.416 e. The molecular formula is C17H21F3N2O2. The molecule has 0 spiro atoms. The van der Waals surface area contributed by atoms with Gasteiger partial charge in [0.25, 0.3) is 0 Å². The Morgan fingerprint density at radius 1 is 1.12 bits per heavy atom. The third kappa shape index (κ3) is 4.48. The molecule has 3 N–H and O–H groups in total. The second-order valence-electron chi connectivity index (χ2n) is 6.67. The van der Waals surface area contributed by atoms with Crippen LogP contribution in [0.5, 0.6) is 0 Å². The van der Waals surface area contributed by atoms with Crippen LogP contribution in [0, 0.1) is 5.92 Å². The van der Waals surface area contributed by atoms with Gasteiger partial charge >= 0.3 is 12.1 Å². The molecule has 1 aromatic carbocycles. The second-order valence-corrected chi connectivity index (χ2v) is 6.67. The van der Waals surface area contributed by atoms with Gasteiger partial charge in [0.15, 0.2) is 0 Å². The average Bonchev–Trinajstić information content (AvgIpc) is 3.40. The maximum atomic E-state index is 12.7. The van der Waals surface area contributed by atoms with E-state index in [-0.39, 0.29) is 6.04 Å². The number of hydrogen-bond donors (Lipinski definition) is 3. The van der Waals surface area contributed by atoms with Gasteiger partial charge in [-0.15, -0.1) is 0 Å². The Morgan fingerprint density at radius 2 is 1.71 bits per heavy atom. The van der Waals surface area contributed by atoms with Gasteiger partial charge in [0.1, 0.15) is 0 Å². The highest BCUT2D eigenvalue weighted by molar-refractivity contribution is 5.71. The standard InChI is InChI=1S/C17H21F3N2O2/c18-17(19,20)11-3-1-10(2-4-11)15(22-13-7-8-13)14(16(23)24)9-21-12-5-6-12/h1-4,12-15,21-22H,5-9H2,(H,23,24). The van der Waals surface area contributed by atoms with Crippen molar-refractivity contribution < 1.29 is 23.1 Å². The van der Waals surface area contributed by atoms with Gasteiger partial charge in [-0.25, -0.2) is 0 Å². The summed E-state index contributed by atoms with van der Waals surface area (Å²) < 4.78 is 38.2. The summed E-state index contributed by atoms with van der Waals surface area (Å²) in [6, 6.07) is 4.93. The summed E-state index contributed by atoms with van der Waals surface area (Å²) >= 11 is 0. The van der Waals surface area contributed by atoms with E-state index in [0.717, 1.165) is 37.8 Å². The molecular weight excluding hydrogens is 321 g/mol. The number of carboxylic acid groups (broad SMARTS) is 1. The molecule has 0 aromatic heterocycles. The summed E-state index contributed by atoms with van der Waals surface area (Å²) in [5.74, 6) is -1.66. The zero-order chi connectivity index (χ0) is 17.3. The van der Waals surface area contributed by atoms with Crippen LogP contribution in [0.1, 0.15) is 42.9 Å². The average molecular weight is 342 g/mol. The monoisotopic (exact) mass is 342 g/mol. The minimum absolute atomic E-state index is 0.250. The van der Waals surface area contributed by atoms with Crippen LogP contribution in [0.4, 0.5) is 13.2 Å². The van der Waals surface area contributed by atoms with E-state index in [1.807, 2.05) is 0 Å². The van der Waals surface area contributed by atoms with Gasteiger partial charge in [0, 0.05) is 24.7 Å². The van der Waals surface area contributed by atoms with E-state index >= 15 is 0 Å². The molecule has 132 valence electrons. The van der Waals surface area contributed by atoms with Crippen LogP contribution >= 0.6 is 0 Å². The lowest BCUT2D eigenvalue weighted by molar-refractivity contribution is -0.143. The van der Waals surface area contributed by atoms with Crippen LogP contribution in [-0.2, 0) is 11.0 Å². The van der Waals surface area contributed by atoms with Crippen molar-refractivity contribution >= 4 is 5.97 Å². The predicted molar refractivity (Wildman–Crippen MR) is 82.5 cm³/mol. The van der Waals surface area contributed by atoms with Crippen LogP contribution in [0.15, 0.2) is 24.3 Å². The lowest BCUT2D eigenvalue weighted by atomic mass is 9.91. The molecule has 1 aromatic rings. The van der Waals surface area contributed by atoms with Gasteiger partial charge in [0.2, 0.25) is 0 Å². The Bertz CT molecular complexity index is 580. The molecule has 0 aliphatic heterocycles. The lowest BCUT2D eigenvalue weighted by Crippen LogP contribution is -2.40. The SMILES string of the molecule is O=C(O)C(CNC1CC1)C(NC1CC1)c1ccc(C(F)(F)F)cc1. The minimum Gasteiger partial charge on any atom is -0.481 e. The van der Waals surface area contributed by atoms with E-state index in [1.165, 1.54) is 12.1 Å². The van der Waals surface area contributed by atoms with E-state index in [4.69, 9.17) is 0 Å². The quantitative estimate of drug-likeness (QED) is 0.680. The summed E-state index contributed by atoms with van der Waals surface area (Å²) in [4.78, 5) is 11.7. The van der Waals surface area contributed by atoms with Crippen molar-refractivity contribution in [3.63, 3.8) is 0 Å². The van der Waals surface area contributed by atoms with Crippen molar-refractivity contribution in [2.24, 2.45) is 5.92 Å². The molecule has 0 radical (unpaired) electrons. The zero-order valence-corrected chi connectivity index (χ0v) is 13.1. The van der Waals surface area contributed by atoms with Gasteiger partial charge < -0.3 is 15.7 Å². The Hall–Kier alpha value is -1.60. The third-order valence-electron chi connectivity index (χ3n) is 4.51. The predicted octanol–water partition coefficient (Wildman–Crippen LogP) is 2.95. The topological polar surface area (TPSA) is 61.4 Å². The molecule has 4 nitrogen and oxygen atoms in total. The number of carboxylic acids is 1. The summed E-state index contributed by atoms with van der Waals surface area (Å²) in [7, 11) is 0. The van der Waals surface area contributed by atoms with Gasteiger partial charge in [-0.2, -0.15) is 13.2 Å². The van der Waals surface area contributed by atoms with E-state index in [2.05, 4.69) is 10.6 Å². The summed E-state index contributed by atoms with van der Waals surface area (Å²) in [5.41, 5.74) is -0.140. The maximum Gasteiger partial charge on any atom is 0.416 e. The molecule has 3 rings (SSSR count). The Kier molecular flexibility index (Phi) is 4.83. The molecule has 2 unspecified atom stereocenters. The van der Waals surface area contributed by atoms with Crippen LogP contribution in [0.25, 0.3) is 0 Å². The number of benzene rings is 1. The molecule has 0 amide bonds. The molecule has 2 aliphatic rings. The molecule has 2 aliphatic carbocycles. The van der Waals surface area contributed by atoms with Crippen molar-refractivity contribution in [3.8, 4) is 0 Å². The number of nitrogens with one attached hydrogen (secondary N) is 2. The summed E-state index contributed by atoms with van der Waals surface area (Å²) in [5, 5.41) is 16.1. The third-order valence-corrected chi connectivity index (χ3v) is 4.51. The van der Waals surface area contributed by atoms with E-state index in [9.17, 15) is 23.1 Å². The van der Waals surface area contributed by atoms with Crippen molar-refractivity contribution in [3.05, 3.63) is 35.4 Å². The van der Waals surface area contributed by atoms with Crippen LogP contribution < -0.4 is 10.6 Å². The highest BCUT2D eigenvalue weighted by Crippen LogP contribution is 2.33. The summed E-state index contributed by atoms with van der Waals surface area (Å²) in [6.07, 6.45) is -0.350. The number of carbonyl (C=O) groups is 1. The normalized spacial score (nSPS) is 20.6. The van der Waals surface area contributed by atoms with Crippen molar-refractivity contribution in [1.82, 2.24) is 10.6 Å². The van der Waals surface area contributed by atoms with E-state index < -0.39 is 29.7 Å². The molecule has 24 heavy (non-hydrogen) atoms. The van der Waals surface area contributed by atoms with Crippen LogP contribution in [0.3, 0.4) is 0 Å². The van der Waals surface area contributed by atoms with Gasteiger partial charge in [-0.3, -0.25) is 4.79 Å². The maximum absolute atomic E-state index is 12.7. The largest absolute Gasteiger partial charge is 0.481 e. The molecule has 0 bridgehead atoms. The molecule has 7 heteroatoms. The minimum atomic E-state index is -4.39. The molecule has 2 atom stereocenters. The number of aliphatic carboxylic acids is 1. The van der Waals surface area contributed by atoms with Crippen molar-refractivity contribution in [2.75, 3.05) is 6.54 Å². The highest BCUT2D eigenvalue weighted by atomic mass is 19.4. The zero-order valence-electron chi connectivity index (χ0n) is 13.1. The van der Waals surface area contributed by atoms with Crippen LogP contribution in [-0.4, -0.2) is 29.7 Å². The number of hydrogen-bond acceptors (Lipinski definition) is 3. The fraction of sp³-hybridized carbons (Fsp3) is 0.588. The lowest BCUT2D eigenvalue weighted by Gasteiger charge is -2.26. The first-order chi connectivity index (χ1) is 11.3. The van der Waals surface area contributed by atoms with E-state index in [1.54, 1.807) is 0 Å². The Balaban J connectivity index is 1.79. The molecule has 2 fully saturated rings. The van der Waals surface area contributed by atoms with E-state index in [0.29, 0.717) is 18.2 Å². The molecule has 2 saturated carbocycles. The number of rotatable bonds is 8. The fourth-order valence-electron chi connectivity index (χ4n) is 2.76. The highest BCUT2D eigenvalue weighted by Gasteiger charge is 2.36. The summed E-state index contributed by atoms with van der Waals surface area (Å²) in [6.45, 7) is 0.311. The first kappa shape index (κ1) is 17.2. The number of alkyl halides is 3. The van der Waals surface area contributed by atoms with Crippen molar-refractivity contribution in [1.29, 1.82) is 0 Å². The van der Waals surface area contributed by atoms with Gasteiger partial charge in [0.05, 0.1) is 11.5 Å². The fourth-order valence-corrected chi connectivity index (χ4v) is 2.76. The van der Waals surface area contributed by atoms with Gasteiger partial charge in [-0.05, 0) is 43.4 Å². The Labute approximate surface area is 138 Å². The Morgan fingerprint density at radius 3 is 2.17 bits per heavy atom. The molecule has 0 saturated heterocycles. The number of halogens is 3. The first-order valence-corrected chi connectivity index (χ1v) is 8.24.